The van der Waals surface area contributed by atoms with Gasteiger partial charge in [0.25, 0.3) is 0 Å². The Kier molecular flexibility index (Phi) is 6.15. The molecule has 0 aliphatic carbocycles. The molecule has 5 heteroatoms. The van der Waals surface area contributed by atoms with Crippen molar-refractivity contribution in [3.63, 3.8) is 0 Å². The van der Waals surface area contributed by atoms with Crippen molar-refractivity contribution >= 4 is 5.91 Å². The average molecular weight is 266 g/mol. The third kappa shape index (κ3) is 5.18. The zero-order chi connectivity index (χ0) is 14.3. The molecule has 0 fully saturated rings. The van der Waals surface area contributed by atoms with Crippen LogP contribution in [0.15, 0.2) is 18.2 Å². The van der Waals surface area contributed by atoms with Crippen molar-refractivity contribution in [1.82, 2.24) is 5.32 Å². The molecule has 1 unspecified atom stereocenters. The minimum atomic E-state index is -0.0321. The number of hydrogen-bond acceptors (Lipinski definition) is 4. The maximum absolute atomic E-state index is 11.6. The van der Waals surface area contributed by atoms with Gasteiger partial charge in [0.1, 0.15) is 11.5 Å². The first-order chi connectivity index (χ1) is 9.06. The predicted molar refractivity (Wildman–Crippen MR) is 74.5 cm³/mol. The average Bonchev–Trinajstić information content (AvgIpc) is 2.42. The molecule has 0 aromatic heterocycles. The number of nitrogens with two attached hydrogens (primary N) is 1. The Hall–Kier alpha value is -1.75. The van der Waals surface area contributed by atoms with Crippen molar-refractivity contribution in [2.75, 3.05) is 20.8 Å². The molecule has 106 valence electrons. The first-order valence-electron chi connectivity index (χ1n) is 6.30. The first-order valence-corrected chi connectivity index (χ1v) is 6.30. The summed E-state index contributed by atoms with van der Waals surface area (Å²) >= 11 is 0. The highest BCUT2D eigenvalue weighted by Gasteiger charge is 2.08. The minimum Gasteiger partial charge on any atom is -0.497 e. The molecule has 0 aliphatic rings. The van der Waals surface area contributed by atoms with Crippen LogP contribution >= 0.6 is 0 Å². The number of amides is 1. The lowest BCUT2D eigenvalue weighted by molar-refractivity contribution is -0.121. The zero-order valence-electron chi connectivity index (χ0n) is 11.7. The molecule has 0 aliphatic heterocycles. The molecule has 5 nitrogen and oxygen atoms in total. The van der Waals surface area contributed by atoms with Gasteiger partial charge in [0, 0.05) is 19.0 Å². The van der Waals surface area contributed by atoms with E-state index in [1.165, 1.54) is 0 Å². The normalized spacial score (nSPS) is 11.8. The SMILES string of the molecule is COc1ccc(OC)c(CCC(=O)NCC(C)N)c1. The van der Waals surface area contributed by atoms with Crippen LogP contribution in [0.1, 0.15) is 18.9 Å². The topological polar surface area (TPSA) is 73.6 Å². The van der Waals surface area contributed by atoms with Gasteiger partial charge in [0.15, 0.2) is 0 Å². The van der Waals surface area contributed by atoms with E-state index in [9.17, 15) is 4.79 Å². The number of carbonyl (C=O) groups is 1. The third-order valence-corrected chi connectivity index (χ3v) is 2.73. The molecule has 1 rings (SSSR count). The lowest BCUT2D eigenvalue weighted by Crippen LogP contribution is -2.35. The number of nitrogens with one attached hydrogen (secondary N) is 1. The Labute approximate surface area is 114 Å². The van der Waals surface area contributed by atoms with Crippen LogP contribution in [0.25, 0.3) is 0 Å². The van der Waals surface area contributed by atoms with E-state index in [2.05, 4.69) is 5.32 Å². The fourth-order valence-corrected chi connectivity index (χ4v) is 1.69. The van der Waals surface area contributed by atoms with Gasteiger partial charge in [-0.1, -0.05) is 0 Å². The Morgan fingerprint density at radius 3 is 2.68 bits per heavy atom. The summed E-state index contributed by atoms with van der Waals surface area (Å²) in [6.45, 7) is 2.35. The van der Waals surface area contributed by atoms with Crippen LogP contribution in [0.4, 0.5) is 0 Å². The first kappa shape index (κ1) is 15.3. The van der Waals surface area contributed by atoms with E-state index in [-0.39, 0.29) is 11.9 Å². The maximum Gasteiger partial charge on any atom is 0.220 e. The molecule has 0 heterocycles. The summed E-state index contributed by atoms with van der Waals surface area (Å²) in [5.41, 5.74) is 6.54. The summed E-state index contributed by atoms with van der Waals surface area (Å²) < 4.78 is 10.4. The maximum atomic E-state index is 11.6. The summed E-state index contributed by atoms with van der Waals surface area (Å²) in [5, 5.41) is 2.78. The highest BCUT2D eigenvalue weighted by atomic mass is 16.5. The summed E-state index contributed by atoms with van der Waals surface area (Å²) in [6.07, 6.45) is 1.00. The molecule has 0 saturated carbocycles. The Morgan fingerprint density at radius 1 is 1.37 bits per heavy atom. The van der Waals surface area contributed by atoms with Crippen LogP contribution in [0.5, 0.6) is 11.5 Å². The Bertz CT molecular complexity index is 419. The molecule has 1 atom stereocenters. The molecular weight excluding hydrogens is 244 g/mol. The van der Waals surface area contributed by atoms with Gasteiger partial charge >= 0.3 is 0 Å². The lowest BCUT2D eigenvalue weighted by Gasteiger charge is -2.11. The van der Waals surface area contributed by atoms with Crippen LogP contribution in [0, 0.1) is 0 Å². The number of aryl methyl sites for hydroxylation is 1. The number of hydrogen-bond donors (Lipinski definition) is 2. The number of ether oxygens (including phenoxy) is 2. The number of methoxy groups -OCH3 is 2. The molecular formula is C14H22N2O3. The van der Waals surface area contributed by atoms with E-state index in [1.807, 2.05) is 25.1 Å². The van der Waals surface area contributed by atoms with Gasteiger partial charge in [-0.15, -0.1) is 0 Å². The Morgan fingerprint density at radius 2 is 2.11 bits per heavy atom. The van der Waals surface area contributed by atoms with Gasteiger partial charge in [-0.05, 0) is 37.1 Å². The number of rotatable bonds is 7. The molecule has 19 heavy (non-hydrogen) atoms. The standard InChI is InChI=1S/C14H22N2O3/c1-10(15)9-16-14(17)7-4-11-8-12(18-2)5-6-13(11)19-3/h5-6,8,10H,4,7,9,15H2,1-3H3,(H,16,17). The summed E-state index contributed by atoms with van der Waals surface area (Å²) in [7, 11) is 3.22. The minimum absolute atomic E-state index is 0.0119. The van der Waals surface area contributed by atoms with Gasteiger partial charge < -0.3 is 20.5 Å². The summed E-state index contributed by atoms with van der Waals surface area (Å²) in [6, 6.07) is 5.53. The molecule has 0 radical (unpaired) electrons. The van der Waals surface area contributed by atoms with Gasteiger partial charge in [-0.25, -0.2) is 0 Å². The van der Waals surface area contributed by atoms with Crippen molar-refractivity contribution in [2.24, 2.45) is 5.73 Å². The highest BCUT2D eigenvalue weighted by molar-refractivity contribution is 5.76. The van der Waals surface area contributed by atoms with Crippen LogP contribution in [0.2, 0.25) is 0 Å². The molecule has 0 spiro atoms. The monoisotopic (exact) mass is 266 g/mol. The van der Waals surface area contributed by atoms with Gasteiger partial charge in [-0.2, -0.15) is 0 Å². The third-order valence-electron chi connectivity index (χ3n) is 2.73. The van der Waals surface area contributed by atoms with E-state index in [0.717, 1.165) is 17.1 Å². The molecule has 1 amide bonds. The van der Waals surface area contributed by atoms with Crippen molar-refractivity contribution in [3.8, 4) is 11.5 Å². The highest BCUT2D eigenvalue weighted by Crippen LogP contribution is 2.24. The lowest BCUT2D eigenvalue weighted by atomic mass is 10.1. The summed E-state index contributed by atoms with van der Waals surface area (Å²) in [4.78, 5) is 11.6. The summed E-state index contributed by atoms with van der Waals surface area (Å²) in [5.74, 6) is 1.51. The van der Waals surface area contributed by atoms with Gasteiger partial charge in [-0.3, -0.25) is 4.79 Å². The second kappa shape index (κ2) is 7.63. The predicted octanol–water partition coefficient (Wildman–Crippen LogP) is 1.10. The molecule has 1 aromatic rings. The largest absolute Gasteiger partial charge is 0.497 e. The number of carbonyl (C=O) groups excluding carboxylic acids is 1. The van der Waals surface area contributed by atoms with Crippen molar-refractivity contribution in [1.29, 1.82) is 0 Å². The van der Waals surface area contributed by atoms with E-state index >= 15 is 0 Å². The van der Waals surface area contributed by atoms with E-state index < -0.39 is 0 Å². The van der Waals surface area contributed by atoms with Crippen LogP contribution in [-0.4, -0.2) is 32.7 Å². The number of benzene rings is 1. The molecule has 0 saturated heterocycles. The van der Waals surface area contributed by atoms with Gasteiger partial charge in [0.05, 0.1) is 14.2 Å². The fraction of sp³-hybridized carbons (Fsp3) is 0.500. The van der Waals surface area contributed by atoms with Crippen molar-refractivity contribution < 1.29 is 14.3 Å². The smallest absolute Gasteiger partial charge is 0.220 e. The molecule has 0 bridgehead atoms. The zero-order valence-corrected chi connectivity index (χ0v) is 11.7. The second-order valence-electron chi connectivity index (χ2n) is 4.46. The van der Waals surface area contributed by atoms with Crippen molar-refractivity contribution in [3.05, 3.63) is 23.8 Å². The van der Waals surface area contributed by atoms with Gasteiger partial charge in [0.2, 0.25) is 5.91 Å². The molecule has 1 aromatic carbocycles. The second-order valence-corrected chi connectivity index (χ2v) is 4.46. The van der Waals surface area contributed by atoms with Crippen LogP contribution in [0.3, 0.4) is 0 Å². The molecule has 3 N–H and O–H groups in total. The van der Waals surface area contributed by atoms with Crippen LogP contribution in [-0.2, 0) is 11.2 Å². The van der Waals surface area contributed by atoms with Crippen molar-refractivity contribution in [2.45, 2.75) is 25.8 Å². The van der Waals surface area contributed by atoms with Crippen LogP contribution < -0.4 is 20.5 Å². The van der Waals surface area contributed by atoms with E-state index in [1.54, 1.807) is 14.2 Å². The quantitative estimate of drug-likeness (QED) is 0.775. The van der Waals surface area contributed by atoms with E-state index in [0.29, 0.717) is 19.4 Å². The fourth-order valence-electron chi connectivity index (χ4n) is 1.69. The van der Waals surface area contributed by atoms with E-state index in [4.69, 9.17) is 15.2 Å². The Balaban J connectivity index is 2.58.